The Labute approximate surface area is 118 Å². The zero-order valence-electron chi connectivity index (χ0n) is 12.1. The molecule has 2 aromatic heterocycles. The highest BCUT2D eigenvalue weighted by Gasteiger charge is 2.21. The molecule has 19 heavy (non-hydrogen) atoms. The summed E-state index contributed by atoms with van der Waals surface area (Å²) in [5, 5.41) is 4.66. The van der Waals surface area contributed by atoms with Crippen LogP contribution in [0.5, 0.6) is 0 Å². The zero-order valence-corrected chi connectivity index (χ0v) is 12.9. The molecule has 0 spiro atoms. The fraction of sp³-hybridized carbons (Fsp3) is 0.571. The molecule has 5 heteroatoms. The Kier molecular flexibility index (Phi) is 4.71. The van der Waals surface area contributed by atoms with E-state index in [-0.39, 0.29) is 6.04 Å². The molecule has 0 fully saturated rings. The fourth-order valence-corrected chi connectivity index (χ4v) is 3.15. The monoisotopic (exact) mass is 278 g/mol. The molecule has 0 bridgehead atoms. The molecule has 0 aliphatic rings. The lowest BCUT2D eigenvalue weighted by atomic mass is 10.2. The van der Waals surface area contributed by atoms with Crippen molar-refractivity contribution < 1.29 is 0 Å². The minimum Gasteiger partial charge on any atom is -0.333 e. The van der Waals surface area contributed by atoms with Crippen LogP contribution in [0.3, 0.4) is 0 Å². The van der Waals surface area contributed by atoms with Crippen molar-refractivity contribution in [2.75, 3.05) is 6.54 Å². The number of nitrogens with one attached hydrogen (secondary N) is 1. The predicted molar refractivity (Wildman–Crippen MR) is 79.6 cm³/mol. The molecule has 2 aromatic rings. The Bertz CT molecular complexity index is 510. The van der Waals surface area contributed by atoms with E-state index in [2.05, 4.69) is 42.6 Å². The van der Waals surface area contributed by atoms with Gasteiger partial charge in [0.05, 0.1) is 23.9 Å². The maximum absolute atomic E-state index is 4.70. The van der Waals surface area contributed by atoms with E-state index in [9.17, 15) is 0 Å². The number of nitrogens with zero attached hydrogens (tertiary/aromatic N) is 3. The molecule has 2 rings (SSSR count). The van der Waals surface area contributed by atoms with Gasteiger partial charge in [-0.05, 0) is 26.8 Å². The second kappa shape index (κ2) is 6.30. The van der Waals surface area contributed by atoms with Crippen LogP contribution in [-0.2, 0) is 6.54 Å². The Morgan fingerprint density at radius 2 is 2.16 bits per heavy atom. The third-order valence-electron chi connectivity index (χ3n) is 3.21. The lowest BCUT2D eigenvalue weighted by Gasteiger charge is -2.17. The van der Waals surface area contributed by atoms with Crippen LogP contribution in [0.25, 0.3) is 0 Å². The molecule has 0 radical (unpaired) electrons. The van der Waals surface area contributed by atoms with Crippen LogP contribution < -0.4 is 5.32 Å². The van der Waals surface area contributed by atoms with Gasteiger partial charge < -0.3 is 9.88 Å². The van der Waals surface area contributed by atoms with Crippen molar-refractivity contribution in [2.24, 2.45) is 0 Å². The molecule has 2 heterocycles. The molecular weight excluding hydrogens is 256 g/mol. The summed E-state index contributed by atoms with van der Waals surface area (Å²) in [6, 6.07) is 0.149. The third-order valence-corrected chi connectivity index (χ3v) is 4.34. The summed E-state index contributed by atoms with van der Waals surface area (Å²) in [4.78, 5) is 10.3. The largest absolute Gasteiger partial charge is 0.333 e. The van der Waals surface area contributed by atoms with E-state index in [1.807, 2.05) is 12.5 Å². The van der Waals surface area contributed by atoms with Crippen LogP contribution in [0.1, 0.15) is 47.6 Å². The van der Waals surface area contributed by atoms with Crippen LogP contribution in [0.15, 0.2) is 12.5 Å². The topological polar surface area (TPSA) is 42.7 Å². The Balaban J connectivity index is 2.36. The van der Waals surface area contributed by atoms with Crippen molar-refractivity contribution in [2.45, 2.75) is 46.7 Å². The number of rotatable bonds is 6. The molecule has 1 atom stereocenters. The van der Waals surface area contributed by atoms with Crippen molar-refractivity contribution in [3.8, 4) is 0 Å². The molecule has 0 aromatic carbocycles. The van der Waals surface area contributed by atoms with Gasteiger partial charge >= 0.3 is 0 Å². The van der Waals surface area contributed by atoms with Gasteiger partial charge in [0.15, 0.2) is 0 Å². The van der Waals surface area contributed by atoms with Crippen LogP contribution in [0, 0.1) is 13.8 Å². The average Bonchev–Trinajstić information content (AvgIpc) is 2.95. The summed E-state index contributed by atoms with van der Waals surface area (Å²) in [5.41, 5.74) is 2.34. The highest BCUT2D eigenvalue weighted by atomic mass is 32.1. The van der Waals surface area contributed by atoms with Gasteiger partial charge in [-0.2, -0.15) is 0 Å². The third kappa shape index (κ3) is 3.04. The average molecular weight is 278 g/mol. The van der Waals surface area contributed by atoms with Crippen LogP contribution in [0.2, 0.25) is 0 Å². The first kappa shape index (κ1) is 14.2. The molecular formula is C14H22N4S. The Morgan fingerprint density at radius 1 is 1.37 bits per heavy atom. The first-order chi connectivity index (χ1) is 9.17. The Hall–Kier alpha value is -1.20. The highest BCUT2D eigenvalue weighted by Crippen LogP contribution is 2.27. The first-order valence-corrected chi connectivity index (χ1v) is 7.66. The van der Waals surface area contributed by atoms with Gasteiger partial charge in [-0.15, -0.1) is 11.3 Å². The van der Waals surface area contributed by atoms with E-state index in [0.29, 0.717) is 0 Å². The summed E-state index contributed by atoms with van der Waals surface area (Å²) in [7, 11) is 0. The molecule has 0 aliphatic carbocycles. The van der Waals surface area contributed by atoms with Crippen molar-refractivity contribution in [3.63, 3.8) is 0 Å². The van der Waals surface area contributed by atoms with Crippen molar-refractivity contribution in [1.29, 1.82) is 0 Å². The Morgan fingerprint density at radius 3 is 2.74 bits per heavy atom. The number of thiazole rings is 1. The molecule has 1 N–H and O–H groups in total. The highest BCUT2D eigenvalue weighted by molar-refractivity contribution is 7.11. The first-order valence-electron chi connectivity index (χ1n) is 6.84. The predicted octanol–water partition coefficient (Wildman–Crippen LogP) is 3.07. The standard InChI is InChI=1S/C14H22N4S/c1-5-7-18-9-15-8-12(18)13(16-6-2)14-17-10(3)11(4)19-14/h8-9,13,16H,5-7H2,1-4H3. The number of aromatic nitrogens is 3. The van der Waals surface area contributed by atoms with Gasteiger partial charge in [0.25, 0.3) is 0 Å². The zero-order chi connectivity index (χ0) is 13.8. The summed E-state index contributed by atoms with van der Waals surface area (Å²) < 4.78 is 2.22. The second-order valence-corrected chi connectivity index (χ2v) is 5.93. The second-order valence-electron chi connectivity index (χ2n) is 4.70. The molecule has 0 saturated carbocycles. The lowest BCUT2D eigenvalue weighted by Crippen LogP contribution is -2.24. The number of hydrogen-bond donors (Lipinski definition) is 1. The van der Waals surface area contributed by atoms with Crippen molar-refractivity contribution >= 4 is 11.3 Å². The van der Waals surface area contributed by atoms with E-state index in [1.165, 1.54) is 10.6 Å². The van der Waals surface area contributed by atoms with Gasteiger partial charge in [0.2, 0.25) is 0 Å². The minimum atomic E-state index is 0.149. The lowest BCUT2D eigenvalue weighted by molar-refractivity contribution is 0.556. The maximum atomic E-state index is 4.70. The summed E-state index contributed by atoms with van der Waals surface area (Å²) in [6.45, 7) is 10.4. The quantitative estimate of drug-likeness (QED) is 0.883. The molecule has 0 aliphatic heterocycles. The number of aryl methyl sites for hydroxylation is 3. The van der Waals surface area contributed by atoms with Gasteiger partial charge in [-0.1, -0.05) is 13.8 Å². The van der Waals surface area contributed by atoms with E-state index in [0.717, 1.165) is 30.2 Å². The number of imidazole rings is 1. The normalized spacial score (nSPS) is 12.8. The van der Waals surface area contributed by atoms with Crippen LogP contribution in [0.4, 0.5) is 0 Å². The van der Waals surface area contributed by atoms with E-state index >= 15 is 0 Å². The molecule has 0 saturated heterocycles. The summed E-state index contributed by atoms with van der Waals surface area (Å²) in [5.74, 6) is 0. The molecule has 1 unspecified atom stereocenters. The van der Waals surface area contributed by atoms with Gasteiger partial charge in [-0.25, -0.2) is 9.97 Å². The molecule has 4 nitrogen and oxygen atoms in total. The van der Waals surface area contributed by atoms with Crippen LogP contribution in [-0.4, -0.2) is 21.1 Å². The van der Waals surface area contributed by atoms with E-state index in [4.69, 9.17) is 4.98 Å². The summed E-state index contributed by atoms with van der Waals surface area (Å²) in [6.07, 6.45) is 4.98. The van der Waals surface area contributed by atoms with Gasteiger partial charge in [-0.3, -0.25) is 0 Å². The van der Waals surface area contributed by atoms with Crippen molar-refractivity contribution in [3.05, 3.63) is 33.8 Å². The maximum Gasteiger partial charge on any atom is 0.116 e. The summed E-state index contributed by atoms with van der Waals surface area (Å²) >= 11 is 1.77. The smallest absolute Gasteiger partial charge is 0.116 e. The van der Waals surface area contributed by atoms with Gasteiger partial charge in [0.1, 0.15) is 11.0 Å². The van der Waals surface area contributed by atoms with Crippen molar-refractivity contribution in [1.82, 2.24) is 19.9 Å². The fourth-order valence-electron chi connectivity index (χ4n) is 2.14. The minimum absolute atomic E-state index is 0.149. The molecule has 104 valence electrons. The van der Waals surface area contributed by atoms with E-state index in [1.54, 1.807) is 11.3 Å². The SMILES string of the molecule is CCCn1cncc1C(NCC)c1nc(C)c(C)s1. The van der Waals surface area contributed by atoms with Crippen LogP contribution >= 0.6 is 11.3 Å². The van der Waals surface area contributed by atoms with Gasteiger partial charge in [0, 0.05) is 11.4 Å². The number of hydrogen-bond acceptors (Lipinski definition) is 4. The van der Waals surface area contributed by atoms with E-state index < -0.39 is 0 Å². The molecule has 0 amide bonds.